The average Bonchev–Trinajstić information content (AvgIpc) is 2.43. The van der Waals surface area contributed by atoms with Gasteiger partial charge >= 0.3 is 0 Å². The van der Waals surface area contributed by atoms with Gasteiger partial charge in [-0.1, -0.05) is 46.1 Å². The molecule has 2 nitrogen and oxygen atoms in total. The van der Waals surface area contributed by atoms with E-state index in [1.165, 1.54) is 36.8 Å². The molecule has 1 aromatic rings. The zero-order chi connectivity index (χ0) is 15.2. The van der Waals surface area contributed by atoms with Crippen LogP contribution in [0.25, 0.3) is 0 Å². The second-order valence-electron chi connectivity index (χ2n) is 7.73. The van der Waals surface area contributed by atoms with Gasteiger partial charge in [0.25, 0.3) is 0 Å². The number of nitrogens with two attached hydrogens (primary N) is 1. The van der Waals surface area contributed by atoms with Gasteiger partial charge in [-0.3, -0.25) is 0 Å². The normalized spacial score (nSPS) is 32.4. The second-order valence-corrected chi connectivity index (χ2v) is 7.73. The Hall–Kier alpha value is -1.02. The number of benzene rings is 1. The zero-order valence-corrected chi connectivity index (χ0v) is 13.7. The van der Waals surface area contributed by atoms with Gasteiger partial charge in [-0.2, -0.15) is 0 Å². The first-order valence-electron chi connectivity index (χ1n) is 8.55. The SMILES string of the molecule is CC(C)c1cc2c(cc1O)[C@@]1(C)CCCCCC(C2)C1N. The smallest absolute Gasteiger partial charge is 0.119 e. The van der Waals surface area contributed by atoms with Gasteiger partial charge in [0.1, 0.15) is 5.75 Å². The van der Waals surface area contributed by atoms with Crippen molar-refractivity contribution in [3.05, 3.63) is 28.8 Å². The van der Waals surface area contributed by atoms with E-state index >= 15 is 0 Å². The fraction of sp³-hybridized carbons (Fsp3) is 0.684. The molecule has 1 fully saturated rings. The van der Waals surface area contributed by atoms with Crippen molar-refractivity contribution in [2.45, 2.75) is 76.7 Å². The van der Waals surface area contributed by atoms with Crippen molar-refractivity contribution >= 4 is 0 Å². The fourth-order valence-electron chi connectivity index (χ4n) is 4.58. The summed E-state index contributed by atoms with van der Waals surface area (Å²) in [5.74, 6) is 1.42. The Morgan fingerprint density at radius 2 is 2.00 bits per heavy atom. The molecule has 2 unspecified atom stereocenters. The number of hydrogen-bond donors (Lipinski definition) is 2. The minimum atomic E-state index is 0.0334. The van der Waals surface area contributed by atoms with Gasteiger partial charge in [0.15, 0.2) is 0 Å². The van der Waals surface area contributed by atoms with Crippen LogP contribution >= 0.6 is 0 Å². The predicted molar refractivity (Wildman–Crippen MR) is 87.8 cm³/mol. The summed E-state index contributed by atoms with van der Waals surface area (Å²) in [6.07, 6.45) is 7.39. The lowest BCUT2D eigenvalue weighted by atomic mass is 9.59. The van der Waals surface area contributed by atoms with Crippen LogP contribution in [0.1, 0.15) is 75.5 Å². The molecule has 0 aliphatic heterocycles. The van der Waals surface area contributed by atoms with Gasteiger partial charge in [0.05, 0.1) is 0 Å². The summed E-state index contributed by atoms with van der Waals surface area (Å²) in [6, 6.07) is 4.52. The fourth-order valence-corrected chi connectivity index (χ4v) is 4.58. The van der Waals surface area contributed by atoms with Crippen LogP contribution in [0.4, 0.5) is 0 Å². The molecule has 1 aromatic carbocycles. The summed E-state index contributed by atoms with van der Waals surface area (Å²) >= 11 is 0. The van der Waals surface area contributed by atoms with Crippen molar-refractivity contribution in [3.8, 4) is 5.75 Å². The Morgan fingerprint density at radius 1 is 1.24 bits per heavy atom. The molecule has 1 saturated carbocycles. The highest BCUT2D eigenvalue weighted by Crippen LogP contribution is 2.47. The van der Waals surface area contributed by atoms with Crippen LogP contribution in [0, 0.1) is 5.92 Å². The van der Waals surface area contributed by atoms with E-state index in [2.05, 4.69) is 26.8 Å². The molecule has 0 heterocycles. The Bertz CT molecular complexity index is 537. The van der Waals surface area contributed by atoms with E-state index in [1.807, 2.05) is 6.07 Å². The van der Waals surface area contributed by atoms with E-state index in [1.54, 1.807) is 0 Å². The van der Waals surface area contributed by atoms with Crippen LogP contribution in [0.2, 0.25) is 0 Å². The molecular formula is C19H29NO. The summed E-state index contributed by atoms with van der Waals surface area (Å²) in [4.78, 5) is 0. The number of aromatic hydroxyl groups is 1. The zero-order valence-electron chi connectivity index (χ0n) is 13.7. The predicted octanol–water partition coefficient (Wildman–Crippen LogP) is 4.24. The van der Waals surface area contributed by atoms with Crippen LogP contribution in [0.15, 0.2) is 12.1 Å². The standard InChI is InChI=1S/C19H29NO/c1-12(2)15-10-14-9-13-7-5-4-6-8-19(3,18(13)20)16(14)11-17(15)21/h10-13,18,21H,4-9,20H2,1-3H3/t13?,18?,19-/m1/s1. The van der Waals surface area contributed by atoms with E-state index in [0.717, 1.165) is 18.4 Å². The molecule has 2 heteroatoms. The summed E-state index contributed by atoms with van der Waals surface area (Å²) in [6.45, 7) is 6.62. The summed E-state index contributed by atoms with van der Waals surface area (Å²) in [5, 5.41) is 10.4. The van der Waals surface area contributed by atoms with Gasteiger partial charge in [0.2, 0.25) is 0 Å². The van der Waals surface area contributed by atoms with Crippen LogP contribution in [-0.4, -0.2) is 11.1 Å². The molecule has 2 bridgehead atoms. The maximum absolute atomic E-state index is 10.4. The largest absolute Gasteiger partial charge is 0.508 e. The van der Waals surface area contributed by atoms with Crippen LogP contribution in [0.3, 0.4) is 0 Å². The lowest BCUT2D eigenvalue weighted by molar-refractivity contribution is 0.201. The molecule has 3 atom stereocenters. The average molecular weight is 287 g/mol. The highest BCUT2D eigenvalue weighted by molar-refractivity contribution is 5.49. The molecule has 116 valence electrons. The Balaban J connectivity index is 2.13. The van der Waals surface area contributed by atoms with Crippen LogP contribution < -0.4 is 5.73 Å². The van der Waals surface area contributed by atoms with Gasteiger partial charge in [-0.05, 0) is 53.9 Å². The number of fused-ring (bicyclic) bond motifs is 4. The molecule has 0 amide bonds. The molecular weight excluding hydrogens is 258 g/mol. The Kier molecular flexibility index (Phi) is 3.77. The second kappa shape index (κ2) is 5.31. The van der Waals surface area contributed by atoms with Crippen molar-refractivity contribution < 1.29 is 5.11 Å². The van der Waals surface area contributed by atoms with Gasteiger partial charge in [-0.15, -0.1) is 0 Å². The Morgan fingerprint density at radius 3 is 2.71 bits per heavy atom. The van der Waals surface area contributed by atoms with E-state index in [4.69, 9.17) is 5.73 Å². The maximum atomic E-state index is 10.4. The van der Waals surface area contributed by atoms with Gasteiger partial charge in [0, 0.05) is 11.5 Å². The molecule has 0 saturated heterocycles. The lowest BCUT2D eigenvalue weighted by Crippen LogP contribution is -2.52. The van der Waals surface area contributed by atoms with E-state index in [0.29, 0.717) is 17.6 Å². The molecule has 3 N–H and O–H groups in total. The molecule has 2 aliphatic carbocycles. The highest BCUT2D eigenvalue weighted by Gasteiger charge is 2.44. The quantitative estimate of drug-likeness (QED) is 0.811. The van der Waals surface area contributed by atoms with Crippen LogP contribution in [0.5, 0.6) is 5.75 Å². The minimum absolute atomic E-state index is 0.0334. The van der Waals surface area contributed by atoms with Crippen molar-refractivity contribution in [1.82, 2.24) is 0 Å². The number of phenols is 1. The molecule has 21 heavy (non-hydrogen) atoms. The number of phenolic OH excluding ortho intramolecular Hbond substituents is 1. The first-order valence-corrected chi connectivity index (χ1v) is 8.55. The Labute approximate surface area is 128 Å². The van der Waals surface area contributed by atoms with E-state index < -0.39 is 0 Å². The minimum Gasteiger partial charge on any atom is -0.508 e. The monoisotopic (exact) mass is 287 g/mol. The van der Waals surface area contributed by atoms with Gasteiger partial charge < -0.3 is 10.8 Å². The summed E-state index contributed by atoms with van der Waals surface area (Å²) in [5.41, 5.74) is 10.5. The molecule has 3 rings (SSSR count). The maximum Gasteiger partial charge on any atom is 0.119 e. The van der Waals surface area contributed by atoms with Crippen molar-refractivity contribution in [2.75, 3.05) is 0 Å². The molecule has 0 radical (unpaired) electrons. The van der Waals surface area contributed by atoms with Gasteiger partial charge in [-0.25, -0.2) is 0 Å². The highest BCUT2D eigenvalue weighted by atomic mass is 16.3. The third-order valence-corrected chi connectivity index (χ3v) is 5.99. The third-order valence-electron chi connectivity index (χ3n) is 5.99. The molecule has 0 spiro atoms. The van der Waals surface area contributed by atoms with Crippen molar-refractivity contribution in [2.24, 2.45) is 11.7 Å². The molecule has 0 aromatic heterocycles. The van der Waals surface area contributed by atoms with Crippen molar-refractivity contribution in [3.63, 3.8) is 0 Å². The van der Waals surface area contributed by atoms with Crippen molar-refractivity contribution in [1.29, 1.82) is 0 Å². The lowest BCUT2D eigenvalue weighted by Gasteiger charge is -2.47. The first-order chi connectivity index (χ1) is 9.93. The van der Waals surface area contributed by atoms with E-state index in [-0.39, 0.29) is 11.5 Å². The summed E-state index contributed by atoms with van der Waals surface area (Å²) in [7, 11) is 0. The molecule has 2 aliphatic rings. The number of hydrogen-bond acceptors (Lipinski definition) is 2. The topological polar surface area (TPSA) is 46.2 Å². The number of rotatable bonds is 1. The van der Waals surface area contributed by atoms with Crippen LogP contribution in [-0.2, 0) is 11.8 Å². The first kappa shape index (κ1) is 14.9. The summed E-state index contributed by atoms with van der Waals surface area (Å²) < 4.78 is 0. The van der Waals surface area contributed by atoms with E-state index in [9.17, 15) is 5.11 Å². The third kappa shape index (κ3) is 2.38.